The fourth-order valence-corrected chi connectivity index (χ4v) is 3.55. The minimum atomic E-state index is -0.561. The van der Waals surface area contributed by atoms with Crippen molar-refractivity contribution in [3.63, 3.8) is 0 Å². The third-order valence-corrected chi connectivity index (χ3v) is 5.24. The molecule has 1 saturated heterocycles. The van der Waals surface area contributed by atoms with Crippen molar-refractivity contribution < 1.29 is 9.53 Å². The van der Waals surface area contributed by atoms with Crippen LogP contribution >= 0.6 is 0 Å². The first kappa shape index (κ1) is 12.8. The van der Waals surface area contributed by atoms with Gasteiger partial charge in [-0.3, -0.25) is 4.79 Å². The number of Topliss-reactive ketones (excluding diaryl/α,β-unsaturated/α-hetero) is 1. The van der Waals surface area contributed by atoms with Crippen molar-refractivity contribution in [3.05, 3.63) is 12.2 Å². The zero-order valence-electron chi connectivity index (χ0n) is 11.7. The van der Waals surface area contributed by atoms with E-state index < -0.39 is 5.60 Å². The van der Waals surface area contributed by atoms with Gasteiger partial charge in [0.1, 0.15) is 5.60 Å². The number of ketones is 1. The summed E-state index contributed by atoms with van der Waals surface area (Å²) in [6.07, 6.45) is 1.78. The normalized spacial score (nSPS) is 44.5. The van der Waals surface area contributed by atoms with Gasteiger partial charge in [0.2, 0.25) is 0 Å². The molecule has 0 unspecified atom stereocenters. The van der Waals surface area contributed by atoms with Crippen LogP contribution in [0.1, 0.15) is 47.5 Å². The molecule has 1 saturated carbocycles. The molecule has 0 aromatic heterocycles. The lowest BCUT2D eigenvalue weighted by molar-refractivity contribution is -0.148. The molecule has 2 heteroatoms. The standard InChI is InChI=1S/C15H24O2/c1-9(2)11-7-12-14(4,5)10(3)17-15(12,6)13(16)8-11/h10-12H,1,7-8H2,2-6H3/t10-,11-,12-,15+/m1/s1. The van der Waals surface area contributed by atoms with E-state index in [4.69, 9.17) is 4.74 Å². The Morgan fingerprint density at radius 3 is 2.53 bits per heavy atom. The Labute approximate surface area is 104 Å². The van der Waals surface area contributed by atoms with Crippen molar-refractivity contribution in [2.75, 3.05) is 0 Å². The SMILES string of the molecule is C=C(C)[C@H]1CC(=O)[C@@]2(C)O[C@H](C)C(C)(C)[C@H]2C1. The lowest BCUT2D eigenvalue weighted by atomic mass is 9.61. The first-order valence-corrected chi connectivity index (χ1v) is 6.56. The van der Waals surface area contributed by atoms with Crippen molar-refractivity contribution in [1.82, 2.24) is 0 Å². The molecule has 0 amide bonds. The van der Waals surface area contributed by atoms with Gasteiger partial charge < -0.3 is 4.74 Å². The van der Waals surface area contributed by atoms with Crippen LogP contribution in [0.3, 0.4) is 0 Å². The predicted molar refractivity (Wildman–Crippen MR) is 68.8 cm³/mol. The molecule has 2 fully saturated rings. The Morgan fingerprint density at radius 2 is 2.00 bits per heavy atom. The van der Waals surface area contributed by atoms with Gasteiger partial charge in [-0.15, -0.1) is 0 Å². The van der Waals surface area contributed by atoms with Crippen LogP contribution in [0.2, 0.25) is 0 Å². The molecule has 0 spiro atoms. The van der Waals surface area contributed by atoms with E-state index in [1.807, 2.05) is 13.8 Å². The van der Waals surface area contributed by atoms with Gasteiger partial charge >= 0.3 is 0 Å². The van der Waals surface area contributed by atoms with Crippen LogP contribution in [-0.2, 0) is 9.53 Å². The lowest BCUT2D eigenvalue weighted by Crippen LogP contribution is -2.49. The highest BCUT2D eigenvalue weighted by Gasteiger charge is 2.60. The van der Waals surface area contributed by atoms with Crippen LogP contribution in [0.25, 0.3) is 0 Å². The van der Waals surface area contributed by atoms with E-state index in [1.165, 1.54) is 0 Å². The molecule has 0 aromatic carbocycles. The first-order valence-electron chi connectivity index (χ1n) is 6.56. The van der Waals surface area contributed by atoms with Crippen molar-refractivity contribution in [3.8, 4) is 0 Å². The number of carbonyl (C=O) groups excluding carboxylic acids is 1. The smallest absolute Gasteiger partial charge is 0.165 e. The van der Waals surface area contributed by atoms with Crippen LogP contribution in [0.15, 0.2) is 12.2 Å². The maximum atomic E-state index is 12.4. The summed E-state index contributed by atoms with van der Waals surface area (Å²) in [5.41, 5.74) is 0.642. The molecule has 1 heterocycles. The Bertz CT molecular complexity index is 369. The first-order chi connectivity index (χ1) is 7.69. The molecule has 0 N–H and O–H groups in total. The molecule has 0 radical (unpaired) electrons. The highest BCUT2D eigenvalue weighted by molar-refractivity contribution is 5.89. The van der Waals surface area contributed by atoms with Crippen molar-refractivity contribution in [2.45, 2.75) is 59.2 Å². The van der Waals surface area contributed by atoms with Crippen molar-refractivity contribution in [2.24, 2.45) is 17.3 Å². The Balaban J connectivity index is 2.36. The van der Waals surface area contributed by atoms with Gasteiger partial charge in [0.05, 0.1) is 6.10 Å². The predicted octanol–water partition coefficient (Wildman–Crippen LogP) is 3.36. The largest absolute Gasteiger partial charge is 0.364 e. The van der Waals surface area contributed by atoms with Crippen LogP contribution in [0.4, 0.5) is 0 Å². The summed E-state index contributed by atoms with van der Waals surface area (Å²) in [5.74, 6) is 0.917. The number of hydrogen-bond donors (Lipinski definition) is 0. The summed E-state index contributed by atoms with van der Waals surface area (Å²) in [6, 6.07) is 0. The average Bonchev–Trinajstić information content (AvgIpc) is 2.37. The maximum absolute atomic E-state index is 12.4. The summed E-state index contributed by atoms with van der Waals surface area (Å²) < 4.78 is 6.03. The van der Waals surface area contributed by atoms with Crippen molar-refractivity contribution in [1.29, 1.82) is 0 Å². The third kappa shape index (κ3) is 1.69. The van der Waals surface area contributed by atoms with Crippen LogP contribution in [-0.4, -0.2) is 17.5 Å². The second-order valence-electron chi connectivity index (χ2n) is 6.65. The molecular formula is C15H24O2. The number of hydrogen-bond acceptors (Lipinski definition) is 2. The molecule has 2 rings (SSSR count). The van der Waals surface area contributed by atoms with Gasteiger partial charge in [-0.2, -0.15) is 0 Å². The summed E-state index contributed by atoms with van der Waals surface area (Å²) in [4.78, 5) is 12.4. The van der Waals surface area contributed by atoms with Crippen LogP contribution < -0.4 is 0 Å². The zero-order valence-corrected chi connectivity index (χ0v) is 11.7. The van der Waals surface area contributed by atoms with E-state index >= 15 is 0 Å². The minimum Gasteiger partial charge on any atom is -0.364 e. The number of allylic oxidation sites excluding steroid dienone is 1. The van der Waals surface area contributed by atoms with Gasteiger partial charge in [-0.1, -0.05) is 26.0 Å². The summed E-state index contributed by atoms with van der Waals surface area (Å²) >= 11 is 0. The molecule has 0 bridgehead atoms. The highest BCUT2D eigenvalue weighted by atomic mass is 16.5. The van der Waals surface area contributed by atoms with E-state index in [9.17, 15) is 4.79 Å². The molecule has 17 heavy (non-hydrogen) atoms. The summed E-state index contributed by atoms with van der Waals surface area (Å²) in [7, 11) is 0. The topological polar surface area (TPSA) is 26.3 Å². The summed E-state index contributed by atoms with van der Waals surface area (Å²) in [6.45, 7) is 14.6. The second kappa shape index (κ2) is 3.68. The molecule has 1 aliphatic carbocycles. The highest BCUT2D eigenvalue weighted by Crippen LogP contribution is 2.55. The van der Waals surface area contributed by atoms with Crippen molar-refractivity contribution >= 4 is 5.78 Å². The third-order valence-electron chi connectivity index (χ3n) is 5.24. The number of carbonyl (C=O) groups is 1. The van der Waals surface area contributed by atoms with Gasteiger partial charge in [-0.05, 0) is 38.5 Å². The zero-order chi connectivity index (χ0) is 13.0. The number of ether oxygens (including phenoxy) is 1. The van der Waals surface area contributed by atoms with E-state index in [0.29, 0.717) is 18.3 Å². The molecule has 2 aliphatic rings. The molecule has 2 nitrogen and oxygen atoms in total. The van der Waals surface area contributed by atoms with E-state index in [-0.39, 0.29) is 17.3 Å². The van der Waals surface area contributed by atoms with E-state index in [1.54, 1.807) is 0 Å². The quantitative estimate of drug-likeness (QED) is 0.653. The molecule has 0 aromatic rings. The van der Waals surface area contributed by atoms with E-state index in [2.05, 4.69) is 27.4 Å². The Kier molecular flexibility index (Phi) is 2.77. The minimum absolute atomic E-state index is 0.0680. The molecular weight excluding hydrogens is 212 g/mol. The molecule has 1 aliphatic heterocycles. The lowest BCUT2D eigenvalue weighted by Gasteiger charge is -2.41. The average molecular weight is 236 g/mol. The van der Waals surface area contributed by atoms with Crippen LogP contribution in [0, 0.1) is 17.3 Å². The second-order valence-corrected chi connectivity index (χ2v) is 6.65. The number of rotatable bonds is 1. The van der Waals surface area contributed by atoms with Crippen LogP contribution in [0.5, 0.6) is 0 Å². The van der Waals surface area contributed by atoms with Gasteiger partial charge in [0.15, 0.2) is 5.78 Å². The van der Waals surface area contributed by atoms with Gasteiger partial charge in [-0.25, -0.2) is 0 Å². The Morgan fingerprint density at radius 1 is 1.41 bits per heavy atom. The maximum Gasteiger partial charge on any atom is 0.165 e. The number of fused-ring (bicyclic) bond motifs is 1. The monoisotopic (exact) mass is 236 g/mol. The fourth-order valence-electron chi connectivity index (χ4n) is 3.55. The summed E-state index contributed by atoms with van der Waals surface area (Å²) in [5, 5.41) is 0. The fraction of sp³-hybridized carbons (Fsp3) is 0.800. The Hall–Kier alpha value is -0.630. The molecule has 4 atom stereocenters. The van der Waals surface area contributed by atoms with E-state index in [0.717, 1.165) is 12.0 Å². The van der Waals surface area contributed by atoms with Gasteiger partial charge in [0.25, 0.3) is 0 Å². The van der Waals surface area contributed by atoms with Gasteiger partial charge in [0, 0.05) is 12.3 Å². The molecule has 96 valence electrons.